The van der Waals surface area contributed by atoms with Gasteiger partial charge in [-0.25, -0.2) is 0 Å². The topological polar surface area (TPSA) is 38.9 Å². The molecular weight excluding hydrogens is 981 g/mol. The number of pyridine rings is 2. The smallest absolute Gasteiger partial charge is 0.121 e. The van der Waals surface area contributed by atoms with E-state index in [1.165, 1.54) is 28.1 Å². The molecule has 66 heavy (non-hydrogen) atoms. The van der Waals surface area contributed by atoms with Crippen LogP contribution in [0.25, 0.3) is 77.1 Å². The molecule has 6 aromatic carbocycles. The quantitative estimate of drug-likeness (QED) is 0.123. The SMILES string of the molecule is CC(C)(C)c1ccnc(-c2[c-]cccc2)c1.[2H]C([2H])([2H])c1cnc(-c2[c-]ccc3c2oc2cc4c(ccc5ccc(C(C)(C)C)cc54)cc23)cc1-c1c(C(C)C)cc(C([2H])([2H])C(C)(C)C)cc1C(C)C.[Ir]. The minimum absolute atomic E-state index is 0. The Balaban J connectivity index is 0.000000369. The summed E-state index contributed by atoms with van der Waals surface area (Å²) in [5.41, 5.74) is 10.7. The van der Waals surface area contributed by atoms with Gasteiger partial charge in [0.15, 0.2) is 0 Å². The predicted molar refractivity (Wildman–Crippen MR) is 278 cm³/mol. The van der Waals surface area contributed by atoms with Crippen LogP contribution in [0.2, 0.25) is 0 Å². The van der Waals surface area contributed by atoms with Crippen molar-refractivity contribution in [3.8, 4) is 33.6 Å². The number of hydrogen-bond acceptors (Lipinski definition) is 3. The number of rotatable bonds is 6. The third kappa shape index (κ3) is 10.1. The molecular formula is C62H66IrN2O-2. The van der Waals surface area contributed by atoms with E-state index in [9.17, 15) is 0 Å². The molecule has 0 unspecified atom stereocenters. The molecule has 0 bridgehead atoms. The Morgan fingerprint density at radius 1 is 0.636 bits per heavy atom. The zero-order valence-electron chi connectivity index (χ0n) is 45.8. The van der Waals surface area contributed by atoms with Crippen LogP contribution in [0.1, 0.15) is 142 Å². The van der Waals surface area contributed by atoms with Gasteiger partial charge in [-0.1, -0.05) is 149 Å². The number of hydrogen-bond donors (Lipinski definition) is 0. The van der Waals surface area contributed by atoms with E-state index in [2.05, 4.69) is 141 Å². The summed E-state index contributed by atoms with van der Waals surface area (Å²) in [6.45, 7) is 24.9. The molecule has 0 fully saturated rings. The summed E-state index contributed by atoms with van der Waals surface area (Å²) in [5, 5.41) is 6.54. The van der Waals surface area contributed by atoms with Crippen LogP contribution in [0.4, 0.5) is 0 Å². The summed E-state index contributed by atoms with van der Waals surface area (Å²) in [4.78, 5) is 9.17. The van der Waals surface area contributed by atoms with Crippen molar-refractivity contribution in [1.29, 1.82) is 0 Å². The Labute approximate surface area is 414 Å². The van der Waals surface area contributed by atoms with Crippen molar-refractivity contribution >= 4 is 43.5 Å². The molecule has 0 aliphatic heterocycles. The van der Waals surface area contributed by atoms with Crippen LogP contribution in [-0.4, -0.2) is 9.97 Å². The molecule has 341 valence electrons. The van der Waals surface area contributed by atoms with Gasteiger partial charge in [0.1, 0.15) is 5.58 Å². The molecule has 0 spiro atoms. The average Bonchev–Trinajstić information content (AvgIpc) is 3.67. The Kier molecular flexibility index (Phi) is 11.9. The van der Waals surface area contributed by atoms with Gasteiger partial charge in [0.2, 0.25) is 0 Å². The van der Waals surface area contributed by atoms with Gasteiger partial charge < -0.3 is 14.4 Å². The molecule has 0 N–H and O–H groups in total. The molecule has 0 aliphatic rings. The summed E-state index contributed by atoms with van der Waals surface area (Å²) >= 11 is 0. The third-order valence-corrected chi connectivity index (χ3v) is 12.3. The van der Waals surface area contributed by atoms with E-state index in [0.717, 1.165) is 55.1 Å². The van der Waals surface area contributed by atoms with Gasteiger partial charge >= 0.3 is 0 Å². The Hall–Kier alpha value is -5.41. The molecule has 3 heterocycles. The fraction of sp³-hybridized carbons (Fsp3) is 0.323. The maximum atomic E-state index is 9.15. The second-order valence-electron chi connectivity index (χ2n) is 21.3. The van der Waals surface area contributed by atoms with E-state index in [0.29, 0.717) is 28.0 Å². The summed E-state index contributed by atoms with van der Waals surface area (Å²) in [7, 11) is 0. The van der Waals surface area contributed by atoms with Gasteiger partial charge in [0.25, 0.3) is 0 Å². The van der Waals surface area contributed by atoms with Crippen molar-refractivity contribution in [2.24, 2.45) is 5.41 Å². The summed E-state index contributed by atoms with van der Waals surface area (Å²) < 4.78 is 50.8. The van der Waals surface area contributed by atoms with E-state index in [1.807, 2.05) is 81.6 Å². The van der Waals surface area contributed by atoms with Gasteiger partial charge in [-0.2, -0.15) is 0 Å². The summed E-state index contributed by atoms with van der Waals surface area (Å²) in [5.74, 6) is -0.0197. The second-order valence-corrected chi connectivity index (χ2v) is 21.3. The van der Waals surface area contributed by atoms with Crippen molar-refractivity contribution in [2.45, 2.75) is 126 Å². The number of aromatic nitrogens is 2. The average molecular weight is 1050 g/mol. The largest absolute Gasteiger partial charge is 0.501 e. The van der Waals surface area contributed by atoms with Crippen LogP contribution < -0.4 is 0 Å². The van der Waals surface area contributed by atoms with Crippen LogP contribution in [0.5, 0.6) is 0 Å². The number of benzene rings is 6. The van der Waals surface area contributed by atoms with Crippen molar-refractivity contribution in [3.05, 3.63) is 167 Å². The first kappa shape index (κ1) is 42.0. The van der Waals surface area contributed by atoms with Crippen LogP contribution >= 0.6 is 0 Å². The minimum atomic E-state index is -2.44. The molecule has 0 aliphatic carbocycles. The van der Waals surface area contributed by atoms with Crippen LogP contribution in [-0.2, 0) is 37.3 Å². The molecule has 9 rings (SSSR count). The van der Waals surface area contributed by atoms with Gasteiger partial charge in [-0.05, 0) is 143 Å². The van der Waals surface area contributed by atoms with Gasteiger partial charge in [-0.15, -0.1) is 54.1 Å². The Morgan fingerprint density at radius 3 is 1.94 bits per heavy atom. The van der Waals surface area contributed by atoms with Crippen molar-refractivity contribution in [2.75, 3.05) is 0 Å². The number of nitrogens with zero attached hydrogens (tertiary/aromatic N) is 2. The molecule has 3 nitrogen and oxygen atoms in total. The monoisotopic (exact) mass is 1050 g/mol. The van der Waals surface area contributed by atoms with E-state index >= 15 is 0 Å². The van der Waals surface area contributed by atoms with Gasteiger partial charge in [0.05, 0.1) is 5.58 Å². The van der Waals surface area contributed by atoms with E-state index in [4.69, 9.17) is 16.3 Å². The van der Waals surface area contributed by atoms with Crippen molar-refractivity contribution in [1.82, 2.24) is 9.97 Å². The van der Waals surface area contributed by atoms with Crippen molar-refractivity contribution in [3.63, 3.8) is 0 Å². The predicted octanol–water partition coefficient (Wildman–Crippen LogP) is 17.7. The first-order chi connectivity index (χ1) is 32.6. The molecule has 0 amide bonds. The summed E-state index contributed by atoms with van der Waals surface area (Å²) in [6, 6.07) is 43.8. The van der Waals surface area contributed by atoms with Crippen LogP contribution in [0.15, 0.2) is 126 Å². The van der Waals surface area contributed by atoms with E-state index in [-0.39, 0.29) is 48.3 Å². The number of fused-ring (bicyclic) bond motifs is 6. The van der Waals surface area contributed by atoms with E-state index < -0.39 is 18.6 Å². The van der Waals surface area contributed by atoms with Gasteiger partial charge in [-0.3, -0.25) is 0 Å². The zero-order valence-corrected chi connectivity index (χ0v) is 43.2. The molecule has 3 aromatic heterocycles. The number of furan rings is 1. The fourth-order valence-electron chi connectivity index (χ4n) is 8.76. The standard InChI is InChI=1S/C47H50NO.C15H16N.Ir/c1-27(2)36-19-30(25-46(6,7)8)20-37(28(3)4)44(36)38-23-42(48-26-29(38)5)35-14-12-13-34-41-21-32-16-15-31-17-18-33(47(9,10)11)22-39(31)40(32)24-43(41)49-45(34)35;1-15(2,3)13-9-10-16-14(11-13)12-7-5-4-6-8-12;/h12-13,15-24,26-28H,25H2,1-11H3;4-7,9-11H,1-3H3;/q2*-1;/i5D3,25D2;;. The van der Waals surface area contributed by atoms with Gasteiger partial charge in [0, 0.05) is 44.7 Å². The Morgan fingerprint density at radius 2 is 1.30 bits per heavy atom. The normalized spacial score (nSPS) is 13.8. The van der Waals surface area contributed by atoms with E-state index in [1.54, 1.807) is 0 Å². The maximum absolute atomic E-state index is 9.15. The first-order valence-corrected chi connectivity index (χ1v) is 23.0. The Bertz CT molecular complexity index is 3370. The molecule has 4 heteroatoms. The zero-order chi connectivity index (χ0) is 50.9. The first-order valence-electron chi connectivity index (χ1n) is 25.5. The molecule has 0 saturated heterocycles. The molecule has 1 radical (unpaired) electrons. The third-order valence-electron chi connectivity index (χ3n) is 12.3. The second kappa shape index (κ2) is 18.7. The fourth-order valence-corrected chi connectivity index (χ4v) is 8.76. The molecule has 0 saturated carbocycles. The molecule has 9 aromatic rings. The maximum Gasteiger partial charge on any atom is 0.121 e. The van der Waals surface area contributed by atoms with Crippen LogP contribution in [0, 0.1) is 24.4 Å². The molecule has 0 atom stereocenters. The van der Waals surface area contributed by atoms with Crippen molar-refractivity contribution < 1.29 is 31.4 Å². The number of aryl methyl sites for hydroxylation is 1. The van der Waals surface area contributed by atoms with Crippen LogP contribution in [0.3, 0.4) is 0 Å². The summed E-state index contributed by atoms with van der Waals surface area (Å²) in [6.07, 6.45) is 1.74. The minimum Gasteiger partial charge on any atom is -0.501 e.